The normalized spacial score (nSPS) is 18.9. The maximum Gasteiger partial charge on any atom is 0.324 e. The molecule has 0 spiro atoms. The minimum absolute atomic E-state index is 0. The molecule has 0 bridgehead atoms. The molecule has 4 heterocycles. The van der Waals surface area contributed by atoms with Crippen LogP contribution >= 0.6 is 24.8 Å². The summed E-state index contributed by atoms with van der Waals surface area (Å²) in [4.78, 5) is 26.6. The zero-order chi connectivity index (χ0) is 28.1. The van der Waals surface area contributed by atoms with Gasteiger partial charge in [0.25, 0.3) is 5.91 Å². The van der Waals surface area contributed by atoms with Gasteiger partial charge in [-0.3, -0.25) is 4.79 Å². The van der Waals surface area contributed by atoms with Crippen LogP contribution in [-0.2, 0) is 13.0 Å². The fourth-order valence-electron chi connectivity index (χ4n) is 5.90. The summed E-state index contributed by atoms with van der Waals surface area (Å²) in [6.07, 6.45) is 1.97. The van der Waals surface area contributed by atoms with Gasteiger partial charge in [-0.15, -0.1) is 24.8 Å². The van der Waals surface area contributed by atoms with Crippen LogP contribution in [0.2, 0.25) is 0 Å². The van der Waals surface area contributed by atoms with E-state index in [1.807, 2.05) is 43.7 Å². The topological polar surface area (TPSA) is 106 Å². The number of benzene rings is 2. The van der Waals surface area contributed by atoms with Crippen molar-refractivity contribution >= 4 is 47.8 Å². The van der Waals surface area contributed by atoms with Crippen molar-refractivity contribution in [2.45, 2.75) is 63.6 Å². The summed E-state index contributed by atoms with van der Waals surface area (Å²) in [5.74, 6) is 0.231. The number of nitrogens with two attached hydrogens (primary N) is 1. The molecule has 2 aromatic carbocycles. The van der Waals surface area contributed by atoms with Gasteiger partial charge in [0.2, 0.25) is 0 Å². The minimum Gasteiger partial charge on any atom is -0.339 e. The Morgan fingerprint density at radius 2 is 1.83 bits per heavy atom. The van der Waals surface area contributed by atoms with Crippen molar-refractivity contribution < 1.29 is 18.1 Å². The second kappa shape index (κ2) is 12.5. The van der Waals surface area contributed by atoms with Crippen LogP contribution in [0.15, 0.2) is 40.9 Å². The Hall–Kier alpha value is -3.28. The predicted molar refractivity (Wildman–Crippen MR) is 161 cm³/mol. The molecule has 2 aliphatic heterocycles. The Morgan fingerprint density at radius 1 is 1.10 bits per heavy atom. The van der Waals surface area contributed by atoms with Crippen molar-refractivity contribution in [2.75, 3.05) is 25.0 Å². The number of hydrogen-bond donors (Lipinski definition) is 1. The number of amides is 1. The number of piperidine rings is 1. The molecule has 0 unspecified atom stereocenters. The molecular formula is C29H35Cl2F2N7O2. The maximum atomic E-state index is 14.5. The van der Waals surface area contributed by atoms with Gasteiger partial charge in [0.15, 0.2) is 5.82 Å². The summed E-state index contributed by atoms with van der Waals surface area (Å²) < 4.78 is 35.8. The Bertz CT molecular complexity index is 1570. The molecule has 1 saturated heterocycles. The summed E-state index contributed by atoms with van der Waals surface area (Å²) in [6.45, 7) is 5.93. The number of imidazole rings is 1. The first kappa shape index (κ1) is 31.7. The number of aromatic nitrogens is 4. The lowest BCUT2D eigenvalue weighted by atomic mass is 9.86. The highest BCUT2D eigenvalue weighted by atomic mass is 35.5. The summed E-state index contributed by atoms with van der Waals surface area (Å²) in [6, 6.07) is 9.22. The van der Waals surface area contributed by atoms with E-state index < -0.39 is 17.7 Å². The van der Waals surface area contributed by atoms with Gasteiger partial charge in [0, 0.05) is 62.6 Å². The molecule has 2 aliphatic rings. The minimum atomic E-state index is -0.490. The van der Waals surface area contributed by atoms with Crippen LogP contribution in [0.5, 0.6) is 0 Å². The first-order valence-electron chi connectivity index (χ1n) is 13.7. The highest BCUT2D eigenvalue weighted by Crippen LogP contribution is 2.33. The number of hydrogen-bond acceptors (Lipinski definition) is 7. The van der Waals surface area contributed by atoms with Crippen LogP contribution < -0.4 is 10.6 Å². The molecule has 42 heavy (non-hydrogen) atoms. The molecule has 0 aliphatic carbocycles. The fourth-order valence-corrected chi connectivity index (χ4v) is 5.90. The molecule has 0 radical (unpaired) electrons. The van der Waals surface area contributed by atoms with Gasteiger partial charge in [-0.2, -0.15) is 4.98 Å². The van der Waals surface area contributed by atoms with Gasteiger partial charge >= 0.3 is 6.01 Å². The average Bonchev–Trinajstić information content (AvgIpc) is 3.58. The van der Waals surface area contributed by atoms with E-state index in [0.717, 1.165) is 49.4 Å². The molecule has 2 atom stereocenters. The lowest BCUT2D eigenvalue weighted by Crippen LogP contribution is -2.45. The predicted octanol–water partition coefficient (Wildman–Crippen LogP) is 5.07. The van der Waals surface area contributed by atoms with Crippen molar-refractivity contribution in [2.24, 2.45) is 5.73 Å². The Balaban J connectivity index is 0.00000202. The van der Waals surface area contributed by atoms with Crippen LogP contribution in [0.4, 0.5) is 14.8 Å². The van der Waals surface area contributed by atoms with E-state index >= 15 is 0 Å². The van der Waals surface area contributed by atoms with Crippen LogP contribution in [0.1, 0.15) is 66.1 Å². The number of fused-ring (bicyclic) bond motifs is 3. The van der Waals surface area contributed by atoms with E-state index in [4.69, 9.17) is 15.2 Å². The molecular weight excluding hydrogens is 587 g/mol. The molecule has 226 valence electrons. The monoisotopic (exact) mass is 621 g/mol. The highest BCUT2D eigenvalue weighted by Gasteiger charge is 2.32. The SMILES string of the molecule is CC(C)c1noc(N2CCC(N(C)C(=O)c3ccc4c(c3)nc3n4C[C@H](N)[C@@H](c4cc(F)ccc4F)C3)CC2)n1.Cl.Cl. The van der Waals surface area contributed by atoms with Crippen molar-refractivity contribution in [3.63, 3.8) is 0 Å². The first-order valence-corrected chi connectivity index (χ1v) is 13.7. The number of nitrogens with zero attached hydrogens (tertiary/aromatic N) is 6. The van der Waals surface area contributed by atoms with Crippen LogP contribution in [-0.4, -0.2) is 62.7 Å². The van der Waals surface area contributed by atoms with E-state index in [2.05, 4.69) is 15.0 Å². The van der Waals surface area contributed by atoms with E-state index in [-0.39, 0.29) is 54.2 Å². The molecule has 1 amide bonds. The number of carbonyl (C=O) groups is 1. The number of carbonyl (C=O) groups excluding carboxylic acids is 1. The zero-order valence-electron chi connectivity index (χ0n) is 23.7. The van der Waals surface area contributed by atoms with Crippen molar-refractivity contribution in [1.29, 1.82) is 0 Å². The quantitative estimate of drug-likeness (QED) is 0.331. The molecule has 9 nitrogen and oxygen atoms in total. The first-order chi connectivity index (χ1) is 19.2. The molecule has 2 N–H and O–H groups in total. The van der Waals surface area contributed by atoms with Crippen molar-refractivity contribution in [1.82, 2.24) is 24.6 Å². The Morgan fingerprint density at radius 3 is 2.52 bits per heavy atom. The lowest BCUT2D eigenvalue weighted by Gasteiger charge is -2.35. The van der Waals surface area contributed by atoms with E-state index in [9.17, 15) is 13.6 Å². The van der Waals surface area contributed by atoms with Gasteiger partial charge in [-0.25, -0.2) is 13.8 Å². The van der Waals surface area contributed by atoms with Gasteiger partial charge < -0.3 is 24.6 Å². The fraction of sp³-hybridized carbons (Fsp3) is 0.448. The van der Waals surface area contributed by atoms with Gasteiger partial charge in [0.05, 0.1) is 11.0 Å². The molecule has 1 fully saturated rings. The lowest BCUT2D eigenvalue weighted by molar-refractivity contribution is 0.0708. The van der Waals surface area contributed by atoms with Gasteiger partial charge in [-0.05, 0) is 54.8 Å². The molecule has 13 heteroatoms. The summed E-state index contributed by atoms with van der Waals surface area (Å²) in [5, 5.41) is 4.05. The molecule has 0 saturated carbocycles. The molecule has 6 rings (SSSR count). The van der Waals surface area contributed by atoms with E-state index in [0.29, 0.717) is 35.9 Å². The maximum absolute atomic E-state index is 14.5. The second-order valence-corrected chi connectivity index (χ2v) is 11.2. The summed E-state index contributed by atoms with van der Waals surface area (Å²) >= 11 is 0. The zero-order valence-corrected chi connectivity index (χ0v) is 25.3. The van der Waals surface area contributed by atoms with Gasteiger partial charge in [-0.1, -0.05) is 19.0 Å². The van der Waals surface area contributed by atoms with Gasteiger partial charge in [0.1, 0.15) is 17.5 Å². The summed E-state index contributed by atoms with van der Waals surface area (Å²) in [5.41, 5.74) is 8.83. The third-order valence-electron chi connectivity index (χ3n) is 8.29. The number of halogens is 4. The highest BCUT2D eigenvalue weighted by molar-refractivity contribution is 5.97. The Labute approximate surface area is 255 Å². The molecule has 4 aromatic rings. The largest absolute Gasteiger partial charge is 0.339 e. The Kier molecular flexibility index (Phi) is 9.44. The van der Waals surface area contributed by atoms with Crippen molar-refractivity contribution in [3.8, 4) is 0 Å². The van der Waals surface area contributed by atoms with E-state index in [1.165, 1.54) is 6.07 Å². The number of rotatable bonds is 5. The summed E-state index contributed by atoms with van der Waals surface area (Å²) in [7, 11) is 1.84. The standard InChI is InChI=1S/C29H33F2N7O2.2ClH/c1-16(2)27-34-29(40-35-27)37-10-8-19(9-11-37)36(3)28(39)17-4-7-25-24(12-17)33-26-14-21(23(32)15-38(25)26)20-13-18(30)5-6-22(20)31;;/h4-7,12-13,16,19,21,23H,8-11,14-15,32H2,1-3H3;2*1H/t21-,23+;;/m1../s1. The third kappa shape index (κ3) is 5.82. The van der Waals surface area contributed by atoms with Crippen LogP contribution in [0, 0.1) is 11.6 Å². The average molecular weight is 623 g/mol. The van der Waals surface area contributed by atoms with Crippen LogP contribution in [0.3, 0.4) is 0 Å². The third-order valence-corrected chi connectivity index (χ3v) is 8.29. The van der Waals surface area contributed by atoms with E-state index in [1.54, 1.807) is 4.90 Å². The number of anilines is 1. The van der Waals surface area contributed by atoms with Crippen LogP contribution in [0.25, 0.3) is 11.0 Å². The second-order valence-electron chi connectivity index (χ2n) is 11.2. The molecule has 2 aromatic heterocycles. The smallest absolute Gasteiger partial charge is 0.324 e. The van der Waals surface area contributed by atoms with Crippen molar-refractivity contribution in [3.05, 3.63) is 70.8 Å².